The van der Waals surface area contributed by atoms with Crippen LogP contribution in [0.3, 0.4) is 0 Å². The molecule has 210 valence electrons. The van der Waals surface area contributed by atoms with E-state index in [2.05, 4.69) is 26.1 Å². The third-order valence-electron chi connectivity index (χ3n) is 7.61. The normalized spacial score (nSPS) is 21.2. The summed E-state index contributed by atoms with van der Waals surface area (Å²) in [5.41, 5.74) is 1.55. The Morgan fingerprint density at radius 3 is 2.16 bits per heavy atom. The molecule has 38 heavy (non-hydrogen) atoms. The minimum atomic E-state index is -1.15. The van der Waals surface area contributed by atoms with Gasteiger partial charge in [-0.1, -0.05) is 60.6 Å². The number of Topliss-reactive ketones (excluding diaryl/α,β-unsaturated/α-hetero) is 1. The first-order valence-corrected chi connectivity index (χ1v) is 13.9. The van der Waals surface area contributed by atoms with E-state index in [1.807, 2.05) is 39.8 Å². The molecule has 0 spiro atoms. The highest BCUT2D eigenvalue weighted by Crippen LogP contribution is 2.32. The predicted molar refractivity (Wildman–Crippen MR) is 147 cm³/mol. The van der Waals surface area contributed by atoms with Crippen LogP contribution in [0.4, 0.5) is 0 Å². The number of benzene rings is 1. The zero-order chi connectivity index (χ0) is 28.4. The number of aliphatic hydroxyl groups is 1. The number of aliphatic hydroxyl groups excluding tert-OH is 1. The van der Waals surface area contributed by atoms with E-state index in [9.17, 15) is 24.3 Å². The monoisotopic (exact) mass is 527 g/mol. The van der Waals surface area contributed by atoms with E-state index in [-0.39, 0.29) is 35.5 Å². The molecular weight excluding hydrogens is 482 g/mol. The fraction of sp³-hybridized carbons (Fsp3) is 0.667. The van der Waals surface area contributed by atoms with Gasteiger partial charge in [0.2, 0.25) is 5.91 Å². The zero-order valence-electron chi connectivity index (χ0n) is 24.0. The molecule has 4 atom stereocenters. The van der Waals surface area contributed by atoms with Crippen LogP contribution in [0.5, 0.6) is 0 Å². The minimum Gasteiger partial charge on any atom is -0.383 e. The van der Waals surface area contributed by atoms with Crippen LogP contribution in [0.25, 0.3) is 0 Å². The lowest BCUT2D eigenvalue weighted by Crippen LogP contribution is -2.53. The fourth-order valence-electron chi connectivity index (χ4n) is 5.42. The Kier molecular flexibility index (Phi) is 9.39. The summed E-state index contributed by atoms with van der Waals surface area (Å²) in [6.07, 6.45) is 0.819. The largest absolute Gasteiger partial charge is 0.383 e. The van der Waals surface area contributed by atoms with Crippen molar-refractivity contribution in [2.45, 2.75) is 104 Å². The Labute approximate surface area is 227 Å². The maximum absolute atomic E-state index is 13.7. The second-order valence-electron chi connectivity index (χ2n) is 12.7. The quantitative estimate of drug-likeness (QED) is 0.513. The first-order valence-electron chi connectivity index (χ1n) is 13.9. The number of carbonyl (C=O) groups is 4. The molecule has 8 heteroatoms. The van der Waals surface area contributed by atoms with E-state index in [0.29, 0.717) is 43.7 Å². The number of ketones is 1. The topological polar surface area (TPSA) is 107 Å². The number of nitrogens with zero attached hydrogens (tertiary/aromatic N) is 2. The van der Waals surface area contributed by atoms with Crippen molar-refractivity contribution in [2.24, 2.45) is 11.8 Å². The molecule has 2 N–H and O–H groups in total. The third kappa shape index (κ3) is 6.82. The molecule has 1 aromatic carbocycles. The van der Waals surface area contributed by atoms with Gasteiger partial charge in [-0.05, 0) is 60.6 Å². The SMILES string of the molecule is CC(C)CCC(O)C(=O)N1CC(=O)C2C1CCN2C(=O)C(CC(C)C)NC(=O)c1ccc(C(C)(C)C)cc1. The van der Waals surface area contributed by atoms with E-state index in [0.717, 1.165) is 5.56 Å². The highest BCUT2D eigenvalue weighted by molar-refractivity contribution is 6.01. The zero-order valence-corrected chi connectivity index (χ0v) is 24.0. The molecular formula is C30H45N3O5. The molecule has 0 radical (unpaired) electrons. The van der Waals surface area contributed by atoms with Gasteiger partial charge in [-0.15, -0.1) is 0 Å². The Morgan fingerprint density at radius 2 is 1.61 bits per heavy atom. The van der Waals surface area contributed by atoms with Gasteiger partial charge in [-0.3, -0.25) is 19.2 Å². The Hall–Kier alpha value is -2.74. The molecule has 3 amide bonds. The van der Waals surface area contributed by atoms with Crippen molar-refractivity contribution in [2.75, 3.05) is 13.1 Å². The van der Waals surface area contributed by atoms with Gasteiger partial charge < -0.3 is 20.2 Å². The summed E-state index contributed by atoms with van der Waals surface area (Å²) in [5.74, 6) is -0.769. The lowest BCUT2D eigenvalue weighted by atomic mass is 9.86. The molecule has 2 aliphatic rings. The van der Waals surface area contributed by atoms with Gasteiger partial charge in [0.05, 0.1) is 12.6 Å². The van der Waals surface area contributed by atoms with Gasteiger partial charge in [-0.25, -0.2) is 0 Å². The van der Waals surface area contributed by atoms with Gasteiger partial charge >= 0.3 is 0 Å². The number of hydrogen-bond donors (Lipinski definition) is 2. The number of carbonyl (C=O) groups excluding carboxylic acids is 4. The highest BCUT2D eigenvalue weighted by atomic mass is 16.3. The van der Waals surface area contributed by atoms with Gasteiger partial charge in [0, 0.05) is 12.1 Å². The maximum atomic E-state index is 13.7. The smallest absolute Gasteiger partial charge is 0.252 e. The standard InChI is InChI=1S/C30H45N3O5/c1-18(2)8-13-24(34)29(38)33-17-25(35)26-23(33)14-15-32(26)28(37)22(16-19(3)4)31-27(36)20-9-11-21(12-10-20)30(5,6)7/h9-12,18-19,22-24,26,34H,8,13-17H2,1-7H3,(H,31,36). The van der Waals surface area contributed by atoms with Crippen LogP contribution in [-0.4, -0.2) is 75.7 Å². The minimum absolute atomic E-state index is 0.0367. The lowest BCUT2D eigenvalue weighted by Gasteiger charge is -2.29. The predicted octanol–water partition coefficient (Wildman–Crippen LogP) is 3.31. The molecule has 2 fully saturated rings. The summed E-state index contributed by atoms with van der Waals surface area (Å²) in [5, 5.41) is 13.3. The first-order chi connectivity index (χ1) is 17.7. The highest BCUT2D eigenvalue weighted by Gasteiger charge is 2.52. The molecule has 0 bridgehead atoms. The summed E-state index contributed by atoms with van der Waals surface area (Å²) in [7, 11) is 0. The Bertz CT molecular complexity index is 1030. The summed E-state index contributed by atoms with van der Waals surface area (Å²) in [6.45, 7) is 14.6. The molecule has 3 rings (SSSR count). The Morgan fingerprint density at radius 1 is 0.974 bits per heavy atom. The molecule has 2 heterocycles. The van der Waals surface area contributed by atoms with Crippen molar-refractivity contribution in [3.8, 4) is 0 Å². The molecule has 2 aliphatic heterocycles. The number of amides is 3. The van der Waals surface area contributed by atoms with Crippen molar-refractivity contribution in [3.05, 3.63) is 35.4 Å². The average molecular weight is 528 g/mol. The molecule has 1 aromatic rings. The third-order valence-corrected chi connectivity index (χ3v) is 7.61. The van der Waals surface area contributed by atoms with Crippen LogP contribution >= 0.6 is 0 Å². The summed E-state index contributed by atoms with van der Waals surface area (Å²) >= 11 is 0. The molecule has 8 nitrogen and oxygen atoms in total. The van der Waals surface area contributed by atoms with E-state index < -0.39 is 30.1 Å². The van der Waals surface area contributed by atoms with Crippen molar-refractivity contribution < 1.29 is 24.3 Å². The van der Waals surface area contributed by atoms with E-state index >= 15 is 0 Å². The van der Waals surface area contributed by atoms with Crippen LogP contribution in [0.2, 0.25) is 0 Å². The second kappa shape index (κ2) is 12.0. The van der Waals surface area contributed by atoms with Gasteiger partial charge in [0.15, 0.2) is 5.78 Å². The van der Waals surface area contributed by atoms with Crippen molar-refractivity contribution in [3.63, 3.8) is 0 Å². The second-order valence-corrected chi connectivity index (χ2v) is 12.7. The maximum Gasteiger partial charge on any atom is 0.252 e. The molecule has 2 saturated heterocycles. The summed E-state index contributed by atoms with van der Waals surface area (Å²) in [6, 6.07) is 5.45. The lowest BCUT2D eigenvalue weighted by molar-refractivity contribution is -0.142. The van der Waals surface area contributed by atoms with Crippen LogP contribution in [0, 0.1) is 11.8 Å². The van der Waals surface area contributed by atoms with E-state index in [4.69, 9.17) is 0 Å². The fourth-order valence-corrected chi connectivity index (χ4v) is 5.42. The van der Waals surface area contributed by atoms with E-state index in [1.54, 1.807) is 12.1 Å². The summed E-state index contributed by atoms with van der Waals surface area (Å²) in [4.78, 5) is 55.8. The number of fused-ring (bicyclic) bond motifs is 1. The van der Waals surface area contributed by atoms with Crippen LogP contribution in [-0.2, 0) is 19.8 Å². The van der Waals surface area contributed by atoms with Crippen LogP contribution < -0.4 is 5.32 Å². The van der Waals surface area contributed by atoms with E-state index in [1.165, 1.54) is 9.80 Å². The van der Waals surface area contributed by atoms with Gasteiger partial charge in [0.25, 0.3) is 11.8 Å². The number of hydrogen-bond acceptors (Lipinski definition) is 5. The van der Waals surface area contributed by atoms with Crippen LogP contribution in [0.15, 0.2) is 24.3 Å². The molecule has 0 aliphatic carbocycles. The van der Waals surface area contributed by atoms with Crippen molar-refractivity contribution in [1.29, 1.82) is 0 Å². The van der Waals surface area contributed by atoms with Crippen LogP contribution in [0.1, 0.15) is 90.1 Å². The summed E-state index contributed by atoms with van der Waals surface area (Å²) < 4.78 is 0. The van der Waals surface area contributed by atoms with Crippen molar-refractivity contribution >= 4 is 23.5 Å². The molecule has 4 unspecified atom stereocenters. The van der Waals surface area contributed by atoms with Gasteiger partial charge in [0.1, 0.15) is 18.2 Å². The Balaban J connectivity index is 1.73. The number of rotatable bonds is 9. The van der Waals surface area contributed by atoms with Gasteiger partial charge in [-0.2, -0.15) is 0 Å². The number of likely N-dealkylation sites (tertiary alicyclic amines) is 2. The molecule has 0 saturated carbocycles. The molecule has 0 aromatic heterocycles. The van der Waals surface area contributed by atoms with Crippen molar-refractivity contribution in [1.82, 2.24) is 15.1 Å². The first kappa shape index (κ1) is 29.8. The average Bonchev–Trinajstić information content (AvgIpc) is 3.41. The number of nitrogens with one attached hydrogen (secondary N) is 1.